The summed E-state index contributed by atoms with van der Waals surface area (Å²) >= 11 is 0. The first kappa shape index (κ1) is 16.5. The van der Waals surface area contributed by atoms with Crippen molar-refractivity contribution in [2.75, 3.05) is 18.0 Å². The first-order valence-corrected chi connectivity index (χ1v) is 8.42. The molecule has 0 bridgehead atoms. The van der Waals surface area contributed by atoms with Crippen molar-refractivity contribution in [2.45, 2.75) is 46.1 Å². The van der Waals surface area contributed by atoms with Crippen LogP contribution in [0.5, 0.6) is 0 Å². The summed E-state index contributed by atoms with van der Waals surface area (Å²) in [4.78, 5) is 19.2. The van der Waals surface area contributed by atoms with Crippen molar-refractivity contribution in [1.82, 2.24) is 15.5 Å². The minimum absolute atomic E-state index is 0.0217. The Bertz CT molecular complexity index is 706. The molecule has 3 rings (SSSR count). The van der Waals surface area contributed by atoms with Crippen LogP contribution in [0.1, 0.15) is 35.6 Å². The molecule has 0 aliphatic carbocycles. The lowest BCUT2D eigenvalue weighted by molar-refractivity contribution is -0.121. The van der Waals surface area contributed by atoms with Crippen molar-refractivity contribution in [3.63, 3.8) is 0 Å². The average Bonchev–Trinajstić information content (AvgIpc) is 2.87. The summed E-state index contributed by atoms with van der Waals surface area (Å²) in [5.74, 6) is 1.73. The average molecular weight is 328 g/mol. The number of nitrogens with zero attached hydrogens (tertiary/aromatic N) is 3. The molecule has 1 fully saturated rings. The van der Waals surface area contributed by atoms with Crippen LogP contribution in [0.2, 0.25) is 0 Å². The lowest BCUT2D eigenvalue weighted by atomic mass is 10.0. The molecule has 24 heavy (non-hydrogen) atoms. The maximum Gasteiger partial charge on any atom is 0.224 e. The number of anilines is 1. The molecule has 6 heteroatoms. The van der Waals surface area contributed by atoms with Gasteiger partial charge in [-0.05, 0) is 45.7 Å². The molecule has 0 saturated carbocycles. The van der Waals surface area contributed by atoms with Crippen LogP contribution in [0, 0.1) is 20.8 Å². The Morgan fingerprint density at radius 1 is 1.38 bits per heavy atom. The number of amides is 1. The van der Waals surface area contributed by atoms with Gasteiger partial charge in [-0.1, -0.05) is 11.2 Å². The molecular weight excluding hydrogens is 304 g/mol. The first-order valence-electron chi connectivity index (χ1n) is 8.42. The Kier molecular flexibility index (Phi) is 4.83. The van der Waals surface area contributed by atoms with Crippen LogP contribution in [-0.2, 0) is 11.2 Å². The molecule has 2 aromatic rings. The fraction of sp³-hybridized carbons (Fsp3) is 0.500. The number of hydrogen-bond acceptors (Lipinski definition) is 5. The highest BCUT2D eigenvalue weighted by atomic mass is 16.5. The van der Waals surface area contributed by atoms with Gasteiger partial charge in [0.05, 0.1) is 12.1 Å². The molecule has 1 saturated heterocycles. The fourth-order valence-corrected chi connectivity index (χ4v) is 3.20. The van der Waals surface area contributed by atoms with Gasteiger partial charge in [0, 0.05) is 30.4 Å². The number of aromatic nitrogens is 2. The van der Waals surface area contributed by atoms with Crippen molar-refractivity contribution in [3.05, 3.63) is 40.9 Å². The highest BCUT2D eigenvalue weighted by Crippen LogP contribution is 2.19. The zero-order chi connectivity index (χ0) is 17.1. The van der Waals surface area contributed by atoms with E-state index in [9.17, 15) is 4.79 Å². The van der Waals surface area contributed by atoms with Crippen LogP contribution >= 0.6 is 0 Å². The third kappa shape index (κ3) is 3.75. The Morgan fingerprint density at radius 3 is 2.92 bits per heavy atom. The summed E-state index contributed by atoms with van der Waals surface area (Å²) in [7, 11) is 0. The molecule has 6 nitrogen and oxygen atoms in total. The van der Waals surface area contributed by atoms with E-state index in [1.165, 1.54) is 0 Å². The van der Waals surface area contributed by atoms with Crippen molar-refractivity contribution in [3.8, 4) is 0 Å². The van der Waals surface area contributed by atoms with Gasteiger partial charge in [0.2, 0.25) is 5.91 Å². The smallest absolute Gasteiger partial charge is 0.224 e. The molecule has 0 radical (unpaired) electrons. The van der Waals surface area contributed by atoms with Gasteiger partial charge < -0.3 is 14.7 Å². The molecule has 128 valence electrons. The zero-order valence-electron chi connectivity index (χ0n) is 14.5. The van der Waals surface area contributed by atoms with Crippen LogP contribution in [-0.4, -0.2) is 35.2 Å². The molecule has 1 N–H and O–H groups in total. The molecule has 0 aromatic carbocycles. The van der Waals surface area contributed by atoms with Crippen LogP contribution in [0.3, 0.4) is 0 Å². The van der Waals surface area contributed by atoms with Crippen molar-refractivity contribution < 1.29 is 9.32 Å². The summed E-state index contributed by atoms with van der Waals surface area (Å²) in [5, 5.41) is 7.05. The summed E-state index contributed by atoms with van der Waals surface area (Å²) in [5.41, 5.74) is 2.69. The lowest BCUT2D eigenvalue weighted by Gasteiger charge is -2.34. The largest absolute Gasteiger partial charge is 0.361 e. The van der Waals surface area contributed by atoms with Crippen LogP contribution in [0.15, 0.2) is 22.7 Å². The van der Waals surface area contributed by atoms with E-state index in [-0.39, 0.29) is 11.9 Å². The van der Waals surface area contributed by atoms with Gasteiger partial charge in [-0.3, -0.25) is 4.79 Å². The van der Waals surface area contributed by atoms with E-state index in [2.05, 4.69) is 20.4 Å². The molecule has 1 aliphatic rings. The van der Waals surface area contributed by atoms with Crippen molar-refractivity contribution >= 4 is 11.7 Å². The van der Waals surface area contributed by atoms with Crippen molar-refractivity contribution in [2.24, 2.45) is 0 Å². The van der Waals surface area contributed by atoms with Crippen LogP contribution in [0.4, 0.5) is 5.82 Å². The van der Waals surface area contributed by atoms with Gasteiger partial charge in [0.15, 0.2) is 0 Å². The standard InChI is InChI=1S/C18H24N4O2/c1-12-6-4-8-17(19-12)22-9-5-7-15(11-22)20-18(23)10-16-13(2)21-24-14(16)3/h4,6,8,15H,5,7,9-11H2,1-3H3,(H,20,23)/t15-/m1/s1. The normalized spacial score (nSPS) is 17.8. The number of rotatable bonds is 4. The van der Waals surface area contributed by atoms with Crippen LogP contribution < -0.4 is 10.2 Å². The van der Waals surface area contributed by atoms with E-state index < -0.39 is 0 Å². The zero-order valence-corrected chi connectivity index (χ0v) is 14.5. The van der Waals surface area contributed by atoms with Crippen molar-refractivity contribution in [1.29, 1.82) is 0 Å². The number of carbonyl (C=O) groups is 1. The Hall–Kier alpha value is -2.37. The molecule has 2 aromatic heterocycles. The lowest BCUT2D eigenvalue weighted by Crippen LogP contribution is -2.48. The van der Waals surface area contributed by atoms with Crippen LogP contribution in [0.25, 0.3) is 0 Å². The molecule has 3 heterocycles. The van der Waals surface area contributed by atoms with Gasteiger partial charge in [-0.25, -0.2) is 4.98 Å². The van der Waals surface area contributed by atoms with E-state index in [1.54, 1.807) is 0 Å². The van der Waals surface area contributed by atoms with E-state index in [0.717, 1.165) is 54.5 Å². The maximum atomic E-state index is 12.4. The predicted octanol–water partition coefficient (Wildman–Crippen LogP) is 2.32. The Labute approximate surface area is 142 Å². The molecule has 1 aliphatic heterocycles. The quantitative estimate of drug-likeness (QED) is 0.932. The van der Waals surface area contributed by atoms with Gasteiger partial charge in [-0.15, -0.1) is 0 Å². The van der Waals surface area contributed by atoms with E-state index in [1.807, 2.05) is 39.0 Å². The molecule has 1 atom stereocenters. The highest BCUT2D eigenvalue weighted by Gasteiger charge is 2.23. The summed E-state index contributed by atoms with van der Waals surface area (Å²) in [6.45, 7) is 7.48. The second-order valence-electron chi connectivity index (χ2n) is 6.47. The minimum atomic E-state index is 0.0217. The topological polar surface area (TPSA) is 71.3 Å². The van der Waals surface area contributed by atoms with Gasteiger partial charge in [0.25, 0.3) is 0 Å². The minimum Gasteiger partial charge on any atom is -0.361 e. The Morgan fingerprint density at radius 2 is 2.21 bits per heavy atom. The summed E-state index contributed by atoms with van der Waals surface area (Å²) in [6, 6.07) is 6.20. The second kappa shape index (κ2) is 7.03. The highest BCUT2D eigenvalue weighted by molar-refractivity contribution is 5.79. The SMILES string of the molecule is Cc1cccc(N2CCC[C@@H](NC(=O)Cc3c(C)noc3C)C2)n1. The molecular formula is C18H24N4O2. The third-order valence-electron chi connectivity index (χ3n) is 4.50. The maximum absolute atomic E-state index is 12.4. The first-order chi connectivity index (χ1) is 11.5. The molecule has 0 spiro atoms. The summed E-state index contributed by atoms with van der Waals surface area (Å²) in [6.07, 6.45) is 2.36. The van der Waals surface area contributed by atoms with Gasteiger partial charge in [0.1, 0.15) is 11.6 Å². The number of nitrogens with one attached hydrogen (secondary N) is 1. The Balaban J connectivity index is 1.60. The predicted molar refractivity (Wildman–Crippen MR) is 92.0 cm³/mol. The van der Waals surface area contributed by atoms with Gasteiger partial charge in [-0.2, -0.15) is 0 Å². The van der Waals surface area contributed by atoms with E-state index >= 15 is 0 Å². The second-order valence-corrected chi connectivity index (χ2v) is 6.47. The van der Waals surface area contributed by atoms with E-state index in [4.69, 9.17) is 4.52 Å². The van der Waals surface area contributed by atoms with Gasteiger partial charge >= 0.3 is 0 Å². The number of pyridine rings is 1. The molecule has 0 unspecified atom stereocenters. The number of hydrogen-bond donors (Lipinski definition) is 1. The monoisotopic (exact) mass is 328 g/mol. The molecule has 1 amide bonds. The third-order valence-corrected chi connectivity index (χ3v) is 4.50. The number of carbonyl (C=O) groups excluding carboxylic acids is 1. The number of piperidine rings is 1. The number of aryl methyl sites for hydroxylation is 3. The fourth-order valence-electron chi connectivity index (χ4n) is 3.20. The van der Waals surface area contributed by atoms with E-state index in [0.29, 0.717) is 6.42 Å². The summed E-state index contributed by atoms with van der Waals surface area (Å²) < 4.78 is 5.13.